The molecule has 2 aliphatic rings. The van der Waals surface area contributed by atoms with E-state index in [4.69, 9.17) is 27.9 Å². The van der Waals surface area contributed by atoms with Crippen LogP contribution >= 0.6 is 23.2 Å². The minimum absolute atomic E-state index is 0.155. The van der Waals surface area contributed by atoms with E-state index in [1.807, 2.05) is 18.2 Å². The molecule has 2 aromatic rings. The largest absolute Gasteiger partial charge is 0.497 e. The van der Waals surface area contributed by atoms with Crippen LogP contribution in [0.25, 0.3) is 0 Å². The van der Waals surface area contributed by atoms with E-state index < -0.39 is 0 Å². The number of ether oxygens (including phenoxy) is 1. The standard InChI is InChI=1S/C19H17Cl2NO/c1-23-11-8-9-17-15(10-11)12-4-2-5-13(12)19(22-17)14-6-3-7-16(20)18(14)21/h2-4,6-10,12-13,19,22H,5H2,1H3/t12-,13-,19-/m1/s1. The normalized spacial score (nSPS) is 24.7. The molecule has 0 fully saturated rings. The molecule has 1 aliphatic heterocycles. The number of halogens is 2. The molecule has 0 saturated carbocycles. The van der Waals surface area contributed by atoms with E-state index >= 15 is 0 Å². The third kappa shape index (κ3) is 2.41. The molecule has 1 N–H and O–H groups in total. The van der Waals surface area contributed by atoms with Gasteiger partial charge in [0.05, 0.1) is 23.2 Å². The first kappa shape index (κ1) is 14.9. The van der Waals surface area contributed by atoms with E-state index in [-0.39, 0.29) is 6.04 Å². The summed E-state index contributed by atoms with van der Waals surface area (Å²) < 4.78 is 5.38. The number of hydrogen-bond donors (Lipinski definition) is 1. The van der Waals surface area contributed by atoms with Gasteiger partial charge in [0.1, 0.15) is 5.75 Å². The molecular weight excluding hydrogens is 329 g/mol. The van der Waals surface area contributed by atoms with Gasteiger partial charge < -0.3 is 10.1 Å². The Morgan fingerprint density at radius 2 is 2.00 bits per heavy atom. The average molecular weight is 346 g/mol. The van der Waals surface area contributed by atoms with Crippen molar-refractivity contribution in [2.24, 2.45) is 5.92 Å². The molecule has 23 heavy (non-hydrogen) atoms. The number of rotatable bonds is 2. The second-order valence-electron chi connectivity index (χ2n) is 6.07. The van der Waals surface area contributed by atoms with Gasteiger partial charge in [-0.3, -0.25) is 0 Å². The van der Waals surface area contributed by atoms with Crippen LogP contribution < -0.4 is 10.1 Å². The van der Waals surface area contributed by atoms with Crippen LogP contribution in [-0.2, 0) is 0 Å². The Morgan fingerprint density at radius 1 is 1.13 bits per heavy atom. The zero-order valence-corrected chi connectivity index (χ0v) is 14.2. The van der Waals surface area contributed by atoms with E-state index in [0.717, 1.165) is 23.4 Å². The van der Waals surface area contributed by atoms with E-state index in [9.17, 15) is 0 Å². The number of allylic oxidation sites excluding steroid dienone is 2. The van der Waals surface area contributed by atoms with Gasteiger partial charge in [0.15, 0.2) is 0 Å². The summed E-state index contributed by atoms with van der Waals surface area (Å²) >= 11 is 12.7. The molecule has 4 rings (SSSR count). The van der Waals surface area contributed by atoms with Crippen molar-refractivity contribution in [3.05, 3.63) is 69.7 Å². The van der Waals surface area contributed by atoms with Crippen LogP contribution in [0.15, 0.2) is 48.6 Å². The first-order valence-corrected chi connectivity index (χ1v) is 8.49. The van der Waals surface area contributed by atoms with Gasteiger partial charge in [-0.15, -0.1) is 0 Å². The minimum atomic E-state index is 0.155. The number of benzene rings is 2. The highest BCUT2D eigenvalue weighted by Crippen LogP contribution is 2.51. The lowest BCUT2D eigenvalue weighted by atomic mass is 9.77. The third-order valence-electron chi connectivity index (χ3n) is 4.89. The summed E-state index contributed by atoms with van der Waals surface area (Å²) in [6, 6.07) is 12.2. The van der Waals surface area contributed by atoms with E-state index in [0.29, 0.717) is 21.9 Å². The van der Waals surface area contributed by atoms with Crippen molar-refractivity contribution in [3.63, 3.8) is 0 Å². The fraction of sp³-hybridized carbons (Fsp3) is 0.263. The summed E-state index contributed by atoms with van der Waals surface area (Å²) in [7, 11) is 1.70. The predicted molar refractivity (Wildman–Crippen MR) is 95.8 cm³/mol. The van der Waals surface area contributed by atoms with Gasteiger partial charge in [-0.2, -0.15) is 0 Å². The maximum absolute atomic E-state index is 6.48. The molecule has 0 amide bonds. The Bertz CT molecular complexity index is 787. The van der Waals surface area contributed by atoms with Gasteiger partial charge in [0.25, 0.3) is 0 Å². The summed E-state index contributed by atoms with van der Waals surface area (Å²) in [5.41, 5.74) is 3.50. The summed E-state index contributed by atoms with van der Waals surface area (Å²) in [6.07, 6.45) is 5.59. The zero-order chi connectivity index (χ0) is 16.0. The van der Waals surface area contributed by atoms with Crippen molar-refractivity contribution in [2.75, 3.05) is 12.4 Å². The topological polar surface area (TPSA) is 21.3 Å². The summed E-state index contributed by atoms with van der Waals surface area (Å²) in [4.78, 5) is 0. The highest BCUT2D eigenvalue weighted by molar-refractivity contribution is 6.42. The molecule has 4 heteroatoms. The predicted octanol–water partition coefficient (Wildman–Crippen LogP) is 5.83. The lowest BCUT2D eigenvalue weighted by Gasteiger charge is -2.38. The van der Waals surface area contributed by atoms with E-state index in [1.54, 1.807) is 7.11 Å². The second kappa shape index (κ2) is 5.77. The highest BCUT2D eigenvalue weighted by atomic mass is 35.5. The van der Waals surface area contributed by atoms with Gasteiger partial charge >= 0.3 is 0 Å². The van der Waals surface area contributed by atoms with Crippen LogP contribution in [0.1, 0.15) is 29.5 Å². The Hall–Kier alpha value is -1.64. The molecule has 1 heterocycles. The maximum Gasteiger partial charge on any atom is 0.119 e. The summed E-state index contributed by atoms with van der Waals surface area (Å²) in [5.74, 6) is 1.70. The summed E-state index contributed by atoms with van der Waals surface area (Å²) in [5, 5.41) is 4.92. The molecule has 0 spiro atoms. The van der Waals surface area contributed by atoms with E-state index in [1.165, 1.54) is 5.56 Å². The molecule has 0 saturated heterocycles. The molecule has 0 unspecified atom stereocenters. The smallest absolute Gasteiger partial charge is 0.119 e. The zero-order valence-electron chi connectivity index (χ0n) is 12.7. The van der Waals surface area contributed by atoms with Crippen LogP contribution in [0.5, 0.6) is 5.75 Å². The van der Waals surface area contributed by atoms with Crippen molar-refractivity contribution in [3.8, 4) is 5.75 Å². The van der Waals surface area contributed by atoms with Crippen molar-refractivity contribution in [2.45, 2.75) is 18.4 Å². The van der Waals surface area contributed by atoms with Gasteiger partial charge in [-0.1, -0.05) is 47.5 Å². The second-order valence-corrected chi connectivity index (χ2v) is 6.86. The molecular formula is C19H17Cl2NO. The van der Waals surface area contributed by atoms with Crippen LogP contribution in [0.3, 0.4) is 0 Å². The number of methoxy groups -OCH3 is 1. The lowest BCUT2D eigenvalue weighted by molar-refractivity contribution is 0.405. The number of hydrogen-bond acceptors (Lipinski definition) is 2. The molecule has 0 bridgehead atoms. The number of fused-ring (bicyclic) bond motifs is 3. The molecule has 0 radical (unpaired) electrons. The van der Waals surface area contributed by atoms with Crippen molar-refractivity contribution >= 4 is 28.9 Å². The van der Waals surface area contributed by atoms with Crippen LogP contribution in [0.2, 0.25) is 10.0 Å². The third-order valence-corrected chi connectivity index (χ3v) is 5.72. The van der Waals surface area contributed by atoms with Crippen molar-refractivity contribution in [1.29, 1.82) is 0 Å². The molecule has 0 aromatic heterocycles. The molecule has 2 aromatic carbocycles. The monoisotopic (exact) mass is 345 g/mol. The number of nitrogens with one attached hydrogen (secondary N) is 1. The van der Waals surface area contributed by atoms with Crippen LogP contribution in [0, 0.1) is 5.92 Å². The van der Waals surface area contributed by atoms with Gasteiger partial charge in [0.2, 0.25) is 0 Å². The van der Waals surface area contributed by atoms with Gasteiger partial charge in [-0.05, 0) is 47.7 Å². The summed E-state index contributed by atoms with van der Waals surface area (Å²) in [6.45, 7) is 0. The fourth-order valence-corrected chi connectivity index (χ4v) is 4.19. The van der Waals surface area contributed by atoms with Crippen molar-refractivity contribution < 1.29 is 4.74 Å². The molecule has 118 valence electrons. The first-order chi connectivity index (χ1) is 11.2. The average Bonchev–Trinajstić information content (AvgIpc) is 3.06. The van der Waals surface area contributed by atoms with Gasteiger partial charge in [-0.25, -0.2) is 0 Å². The maximum atomic E-state index is 6.48. The SMILES string of the molecule is COc1ccc2c(c1)[C@@H]1C=CC[C@H]1[C@H](c1cccc(Cl)c1Cl)N2. The molecule has 1 aliphatic carbocycles. The Labute approximate surface area is 146 Å². The van der Waals surface area contributed by atoms with Crippen LogP contribution in [0.4, 0.5) is 5.69 Å². The molecule has 2 nitrogen and oxygen atoms in total. The molecule has 3 atom stereocenters. The Morgan fingerprint density at radius 3 is 2.83 bits per heavy atom. The fourth-order valence-electron chi connectivity index (χ4n) is 3.77. The Balaban J connectivity index is 1.81. The highest BCUT2D eigenvalue weighted by Gasteiger charge is 2.38. The first-order valence-electron chi connectivity index (χ1n) is 7.74. The lowest BCUT2D eigenvalue weighted by Crippen LogP contribution is -2.29. The van der Waals surface area contributed by atoms with Crippen molar-refractivity contribution in [1.82, 2.24) is 0 Å². The Kier molecular flexibility index (Phi) is 3.74. The quantitative estimate of drug-likeness (QED) is 0.691. The number of anilines is 1. The van der Waals surface area contributed by atoms with Crippen LogP contribution in [-0.4, -0.2) is 7.11 Å². The van der Waals surface area contributed by atoms with Gasteiger partial charge in [0, 0.05) is 11.6 Å². The van der Waals surface area contributed by atoms with E-state index in [2.05, 4.69) is 35.7 Å². The minimum Gasteiger partial charge on any atom is -0.497 e.